The van der Waals surface area contributed by atoms with Crippen molar-refractivity contribution in [3.63, 3.8) is 0 Å². The van der Waals surface area contributed by atoms with Crippen molar-refractivity contribution in [2.24, 2.45) is 0 Å². The lowest BCUT2D eigenvalue weighted by Crippen LogP contribution is -2.32. The minimum atomic E-state index is -1.64. The van der Waals surface area contributed by atoms with Crippen molar-refractivity contribution in [2.75, 3.05) is 19.8 Å². The first-order chi connectivity index (χ1) is 24.7. The average molecular weight is 805 g/mol. The molecule has 54 heavy (non-hydrogen) atoms. The summed E-state index contributed by atoms with van der Waals surface area (Å²) in [7, 11) is 0. The molecule has 0 bridgehead atoms. The maximum absolute atomic E-state index is 9.89. The van der Waals surface area contributed by atoms with Crippen molar-refractivity contribution in [3.8, 4) is 0 Å². The molecule has 0 spiro atoms. The Morgan fingerprint density at radius 3 is 1.20 bits per heavy atom. The highest BCUT2D eigenvalue weighted by Crippen LogP contribution is 1.99. The molecule has 18 N–H and O–H groups in total. The topological polar surface area (TPSA) is 467 Å². The van der Waals surface area contributed by atoms with Gasteiger partial charge in [-0.2, -0.15) is 0 Å². The molecule has 324 valence electrons. The Bertz CT molecular complexity index is 960. The third-order valence-electron chi connectivity index (χ3n) is 5.52. The summed E-state index contributed by atoms with van der Waals surface area (Å²) in [5.74, 6) is -7.02. The Kier molecular flexibility index (Phi) is 46.8. The van der Waals surface area contributed by atoms with Gasteiger partial charge in [0.05, 0.1) is 56.1 Å². The van der Waals surface area contributed by atoms with Crippen LogP contribution in [0.4, 0.5) is 0 Å². The fourth-order valence-corrected chi connectivity index (χ4v) is 2.40. The van der Waals surface area contributed by atoms with Crippen molar-refractivity contribution < 1.29 is 121 Å². The second-order valence-corrected chi connectivity index (χ2v) is 10.9. The molecule has 9 atom stereocenters. The summed E-state index contributed by atoms with van der Waals surface area (Å²) in [6, 6.07) is 0. The summed E-state index contributed by atoms with van der Waals surface area (Å²) in [6.07, 6.45) is -10.2. The zero-order chi connectivity index (χ0) is 44.1. The molecule has 0 saturated heterocycles. The van der Waals surface area contributed by atoms with Gasteiger partial charge in [0.2, 0.25) is 0 Å². The zero-order valence-corrected chi connectivity index (χ0v) is 30.2. The molecule has 0 aliphatic carbocycles. The van der Waals surface area contributed by atoms with Gasteiger partial charge in [-0.15, -0.1) is 0 Å². The third kappa shape index (κ3) is 55.1. The number of aliphatic hydroxyl groups is 12. The van der Waals surface area contributed by atoms with Gasteiger partial charge in [-0.25, -0.2) is 14.4 Å². The van der Waals surface area contributed by atoms with Gasteiger partial charge in [0, 0.05) is 26.1 Å². The van der Waals surface area contributed by atoms with E-state index in [1.54, 1.807) is 6.92 Å². The van der Waals surface area contributed by atoms with Crippen LogP contribution >= 0.6 is 0 Å². The lowest BCUT2D eigenvalue weighted by molar-refractivity contribution is -0.153. The van der Waals surface area contributed by atoms with Gasteiger partial charge >= 0.3 is 35.8 Å². The molecule has 0 amide bonds. The molecule has 0 aromatic heterocycles. The van der Waals surface area contributed by atoms with E-state index in [1.807, 2.05) is 0 Å². The van der Waals surface area contributed by atoms with Crippen LogP contribution < -0.4 is 0 Å². The standard InChI is InChI=1S/6C5H10O4/c1-3(6)4(7)2-5(8)9;1-3(6)2-4(7)5(8)9;6-2-1-4(7)3-5(8)9;6-3-4(7)1-2-5(8)9;1-2-3(6)4(7)5(8)9;6-3-1-2-4(7)5(8)9/h2*3-4,6-7H,2H2,1H3,(H,8,9);2*4,6-7H,1-3H2,(H,8,9);3-4,6-7H,2H2,1H3,(H,8,9);4,6-7H,1-3H2,(H,8,9). The number of aliphatic carboxylic acids is 6. The number of carboxylic acids is 6. The van der Waals surface area contributed by atoms with Gasteiger partial charge in [-0.05, 0) is 46.0 Å². The summed E-state index contributed by atoms with van der Waals surface area (Å²) >= 11 is 0. The van der Waals surface area contributed by atoms with E-state index in [0.29, 0.717) is 6.42 Å². The Morgan fingerprint density at radius 1 is 0.519 bits per heavy atom. The molecule has 0 aliphatic heterocycles. The monoisotopic (exact) mass is 804 g/mol. The predicted molar refractivity (Wildman–Crippen MR) is 180 cm³/mol. The second-order valence-electron chi connectivity index (χ2n) is 10.9. The molecule has 0 heterocycles. The van der Waals surface area contributed by atoms with Crippen LogP contribution in [0.25, 0.3) is 0 Å². The molecule has 0 aromatic carbocycles. The molecule has 0 fully saturated rings. The second kappa shape index (κ2) is 40.5. The van der Waals surface area contributed by atoms with Crippen molar-refractivity contribution >= 4 is 35.8 Å². The number of rotatable bonds is 21. The van der Waals surface area contributed by atoms with Crippen LogP contribution in [0.3, 0.4) is 0 Å². The lowest BCUT2D eigenvalue weighted by Gasteiger charge is -2.09. The van der Waals surface area contributed by atoms with Crippen LogP contribution in [0.1, 0.15) is 78.6 Å². The van der Waals surface area contributed by atoms with E-state index in [4.69, 9.17) is 91.9 Å². The van der Waals surface area contributed by atoms with E-state index in [-0.39, 0.29) is 64.8 Å². The molecule has 0 rings (SSSR count). The molecular formula is C30H60O24. The Morgan fingerprint density at radius 2 is 0.981 bits per heavy atom. The molecule has 0 aliphatic rings. The minimum absolute atomic E-state index is 0.0790. The smallest absolute Gasteiger partial charge is 0.335 e. The number of hydrogen-bond donors (Lipinski definition) is 18. The zero-order valence-electron chi connectivity index (χ0n) is 30.2. The molecule has 0 saturated carbocycles. The van der Waals surface area contributed by atoms with Crippen LogP contribution in [0.15, 0.2) is 0 Å². The minimum Gasteiger partial charge on any atom is -0.481 e. The van der Waals surface area contributed by atoms with E-state index in [1.165, 1.54) is 13.8 Å². The van der Waals surface area contributed by atoms with Crippen molar-refractivity contribution in [1.82, 2.24) is 0 Å². The Hall–Kier alpha value is -3.66. The van der Waals surface area contributed by atoms with Crippen LogP contribution in [-0.4, -0.2) is 202 Å². The van der Waals surface area contributed by atoms with Crippen molar-refractivity contribution in [1.29, 1.82) is 0 Å². The first-order valence-corrected chi connectivity index (χ1v) is 16.0. The van der Waals surface area contributed by atoms with Crippen molar-refractivity contribution in [3.05, 3.63) is 0 Å². The van der Waals surface area contributed by atoms with E-state index < -0.39 is 97.2 Å². The third-order valence-corrected chi connectivity index (χ3v) is 5.52. The normalized spacial score (nSPS) is 14.9. The average Bonchev–Trinajstić information content (AvgIpc) is 3.05. The van der Waals surface area contributed by atoms with Gasteiger partial charge in [0.15, 0.2) is 18.3 Å². The summed E-state index contributed by atoms with van der Waals surface area (Å²) in [5.41, 5.74) is 0. The molecule has 24 nitrogen and oxygen atoms in total. The van der Waals surface area contributed by atoms with Gasteiger partial charge in [-0.1, -0.05) is 6.92 Å². The Labute approximate surface area is 310 Å². The van der Waals surface area contributed by atoms with Crippen LogP contribution in [0.2, 0.25) is 0 Å². The molecule has 0 aromatic rings. The molecular weight excluding hydrogens is 744 g/mol. The van der Waals surface area contributed by atoms with Crippen LogP contribution in [0, 0.1) is 0 Å². The highest BCUT2D eigenvalue weighted by Gasteiger charge is 2.21. The number of hydrogen-bond acceptors (Lipinski definition) is 18. The van der Waals surface area contributed by atoms with Crippen molar-refractivity contribution in [2.45, 2.75) is 133 Å². The van der Waals surface area contributed by atoms with Crippen LogP contribution in [-0.2, 0) is 28.8 Å². The maximum atomic E-state index is 9.89. The Balaban J connectivity index is -0.000000128. The fourth-order valence-electron chi connectivity index (χ4n) is 2.40. The first-order valence-electron chi connectivity index (χ1n) is 16.0. The van der Waals surface area contributed by atoms with E-state index in [0.717, 1.165) is 0 Å². The number of carbonyl (C=O) groups is 6. The van der Waals surface area contributed by atoms with E-state index in [2.05, 4.69) is 0 Å². The summed E-state index contributed by atoms with van der Waals surface area (Å²) in [4.78, 5) is 59.1. The summed E-state index contributed by atoms with van der Waals surface area (Å²) in [5, 5.41) is 150. The van der Waals surface area contributed by atoms with E-state index >= 15 is 0 Å². The summed E-state index contributed by atoms with van der Waals surface area (Å²) < 4.78 is 0. The highest BCUT2D eigenvalue weighted by atomic mass is 16.4. The van der Waals surface area contributed by atoms with E-state index in [9.17, 15) is 28.8 Å². The molecule has 9 unspecified atom stereocenters. The van der Waals surface area contributed by atoms with Gasteiger partial charge in [0.25, 0.3) is 0 Å². The molecule has 24 heteroatoms. The highest BCUT2D eigenvalue weighted by molar-refractivity contribution is 5.73. The largest absolute Gasteiger partial charge is 0.481 e. The predicted octanol–water partition coefficient (Wildman–Crippen LogP) is -4.78. The number of aliphatic hydroxyl groups excluding tert-OH is 12. The summed E-state index contributed by atoms with van der Waals surface area (Å²) in [6.45, 7) is 3.74. The van der Waals surface area contributed by atoms with Crippen LogP contribution in [0.5, 0.6) is 0 Å². The lowest BCUT2D eigenvalue weighted by atomic mass is 10.2. The fraction of sp³-hybridized carbons (Fsp3) is 0.800. The maximum Gasteiger partial charge on any atom is 0.335 e. The quantitative estimate of drug-likeness (QED) is 0.0517. The van der Waals surface area contributed by atoms with Gasteiger partial charge < -0.3 is 91.9 Å². The van der Waals surface area contributed by atoms with Gasteiger partial charge in [-0.3, -0.25) is 14.4 Å². The molecule has 0 radical (unpaired) electrons. The van der Waals surface area contributed by atoms with Gasteiger partial charge in [0.1, 0.15) is 0 Å². The SMILES string of the molecule is CC(O)C(O)CC(=O)O.CC(O)CC(O)C(=O)O.CCC(O)C(O)C(=O)O.O=C(O)C(O)CCCO.O=C(O)CC(O)CCO.O=C(O)CCC(O)CO. The first kappa shape index (κ1) is 62.3. The number of carboxylic acid groups (broad SMARTS) is 6.